The fourth-order valence-corrected chi connectivity index (χ4v) is 2.73. The smallest absolute Gasteiger partial charge is 0.327 e. The lowest BCUT2D eigenvalue weighted by Crippen LogP contribution is -2.18. The van der Waals surface area contributed by atoms with Crippen molar-refractivity contribution in [2.75, 3.05) is 0 Å². The summed E-state index contributed by atoms with van der Waals surface area (Å²) < 4.78 is 39.8. The van der Waals surface area contributed by atoms with E-state index in [4.69, 9.17) is 0 Å². The van der Waals surface area contributed by atoms with Gasteiger partial charge in [-0.05, 0) is 41.3 Å². The summed E-state index contributed by atoms with van der Waals surface area (Å²) in [5, 5.41) is 2.65. The average Bonchev–Trinajstić information content (AvgIpc) is 3.03. The van der Waals surface area contributed by atoms with Crippen LogP contribution >= 0.6 is 0 Å². The van der Waals surface area contributed by atoms with Crippen molar-refractivity contribution in [2.45, 2.75) is 32.4 Å². The molecule has 3 rings (SSSR count). The quantitative estimate of drug-likeness (QED) is 0.671. The minimum Gasteiger partial charge on any atom is -0.327 e. The number of carbonyl (C=O) groups excluding carboxylic acids is 1. The number of benzene rings is 2. The highest BCUT2D eigenvalue weighted by Crippen LogP contribution is 2.31. The van der Waals surface area contributed by atoms with Gasteiger partial charge in [0.15, 0.2) is 0 Å². The fraction of sp³-hybridized carbons (Fsp3) is 0.238. The molecule has 0 unspecified atom stereocenters. The van der Waals surface area contributed by atoms with Gasteiger partial charge in [-0.25, -0.2) is 4.98 Å². The molecule has 1 heterocycles. The van der Waals surface area contributed by atoms with Gasteiger partial charge in [-0.15, -0.1) is 0 Å². The van der Waals surface area contributed by atoms with Crippen LogP contribution in [0.5, 0.6) is 0 Å². The lowest BCUT2D eigenvalue weighted by molar-refractivity contribution is -0.137. The normalized spacial score (nSPS) is 12.6. The largest absolute Gasteiger partial charge is 0.416 e. The molecule has 7 heteroatoms. The van der Waals surface area contributed by atoms with E-state index in [0.717, 1.165) is 17.7 Å². The van der Waals surface area contributed by atoms with E-state index in [-0.39, 0.29) is 16.8 Å². The van der Waals surface area contributed by atoms with Crippen LogP contribution in [0.15, 0.2) is 55.0 Å². The number of halogens is 3. The Morgan fingerprint density at radius 2 is 1.68 bits per heavy atom. The van der Waals surface area contributed by atoms with E-state index in [0.29, 0.717) is 11.1 Å². The van der Waals surface area contributed by atoms with Gasteiger partial charge in [-0.2, -0.15) is 13.2 Å². The van der Waals surface area contributed by atoms with E-state index in [1.165, 1.54) is 24.8 Å². The molecule has 4 nitrogen and oxygen atoms in total. The maximum Gasteiger partial charge on any atom is 0.416 e. The standard InChI is InChI=1S/C21H20F3N3O/c1-20(2,3)15-6-4-14(5-7-15)19(28)25-10-11-27-13-26-17-12-16(21(22,23)24)8-9-18(17)27/h4-13H,1-3H3,(H,25,28). The van der Waals surface area contributed by atoms with Crippen molar-refractivity contribution in [1.82, 2.24) is 14.9 Å². The zero-order valence-electron chi connectivity index (χ0n) is 15.7. The predicted octanol–water partition coefficient (Wildman–Crippen LogP) is 5.21. The Morgan fingerprint density at radius 1 is 1.04 bits per heavy atom. The van der Waals surface area contributed by atoms with E-state index in [2.05, 4.69) is 31.1 Å². The molecule has 3 aromatic rings. The van der Waals surface area contributed by atoms with Crippen molar-refractivity contribution < 1.29 is 18.0 Å². The van der Waals surface area contributed by atoms with Crippen LogP contribution in [0, 0.1) is 0 Å². The van der Waals surface area contributed by atoms with Crippen LogP contribution in [0.1, 0.15) is 42.3 Å². The Hall–Kier alpha value is -3.09. The first-order valence-electron chi connectivity index (χ1n) is 8.67. The molecule has 0 aliphatic rings. The van der Waals surface area contributed by atoms with E-state index >= 15 is 0 Å². The first-order chi connectivity index (χ1) is 13.1. The van der Waals surface area contributed by atoms with Gasteiger partial charge in [-0.3, -0.25) is 4.79 Å². The SMILES string of the molecule is CC(C)(C)c1ccc(C(=O)NC=Cn2cnc3cc(C(F)(F)F)ccc32)cc1. The summed E-state index contributed by atoms with van der Waals surface area (Å²) in [6.45, 7) is 6.29. The Balaban J connectivity index is 1.71. The number of rotatable bonds is 3. The molecule has 0 bridgehead atoms. The number of nitrogens with zero attached hydrogens (tertiary/aromatic N) is 2. The molecule has 0 spiro atoms. The van der Waals surface area contributed by atoms with Crippen molar-refractivity contribution in [3.05, 3.63) is 71.7 Å². The van der Waals surface area contributed by atoms with Crippen LogP contribution in [-0.2, 0) is 11.6 Å². The first kappa shape index (κ1) is 19.7. The zero-order chi connectivity index (χ0) is 20.5. The Labute approximate surface area is 160 Å². The monoisotopic (exact) mass is 387 g/mol. The summed E-state index contributed by atoms with van der Waals surface area (Å²) in [7, 11) is 0. The molecule has 0 radical (unpaired) electrons. The molecular weight excluding hydrogens is 367 g/mol. The van der Waals surface area contributed by atoms with Gasteiger partial charge in [0.25, 0.3) is 5.91 Å². The molecular formula is C21H20F3N3O. The third kappa shape index (κ3) is 4.24. The number of hydrogen-bond acceptors (Lipinski definition) is 2. The first-order valence-corrected chi connectivity index (χ1v) is 8.67. The number of imidazole rings is 1. The summed E-state index contributed by atoms with van der Waals surface area (Å²) in [5.74, 6) is -0.277. The fourth-order valence-electron chi connectivity index (χ4n) is 2.73. The number of fused-ring (bicyclic) bond motifs is 1. The number of hydrogen-bond donors (Lipinski definition) is 1. The van der Waals surface area contributed by atoms with Crippen LogP contribution in [0.4, 0.5) is 13.2 Å². The van der Waals surface area contributed by atoms with Gasteiger partial charge in [0.2, 0.25) is 0 Å². The van der Waals surface area contributed by atoms with E-state index in [9.17, 15) is 18.0 Å². The molecule has 0 atom stereocenters. The summed E-state index contributed by atoms with van der Waals surface area (Å²) in [5.41, 5.74) is 1.63. The van der Waals surface area contributed by atoms with Crippen molar-refractivity contribution in [3.8, 4) is 0 Å². The van der Waals surface area contributed by atoms with Crippen LogP contribution in [0.25, 0.3) is 17.2 Å². The van der Waals surface area contributed by atoms with Gasteiger partial charge in [-0.1, -0.05) is 32.9 Å². The van der Waals surface area contributed by atoms with Gasteiger partial charge < -0.3 is 9.88 Å². The highest BCUT2D eigenvalue weighted by Gasteiger charge is 2.30. The van der Waals surface area contributed by atoms with Crippen LogP contribution in [0.3, 0.4) is 0 Å². The van der Waals surface area contributed by atoms with Gasteiger partial charge >= 0.3 is 6.18 Å². The molecule has 0 fully saturated rings. The molecule has 0 saturated carbocycles. The molecule has 28 heavy (non-hydrogen) atoms. The number of aromatic nitrogens is 2. The highest BCUT2D eigenvalue weighted by atomic mass is 19.4. The molecule has 2 aromatic carbocycles. The van der Waals surface area contributed by atoms with E-state index < -0.39 is 11.7 Å². The van der Waals surface area contributed by atoms with Crippen molar-refractivity contribution in [2.24, 2.45) is 0 Å². The molecule has 1 aromatic heterocycles. The van der Waals surface area contributed by atoms with Gasteiger partial charge in [0.05, 0.1) is 22.9 Å². The minimum atomic E-state index is -4.41. The number of carbonyl (C=O) groups is 1. The lowest BCUT2D eigenvalue weighted by atomic mass is 9.87. The second-order valence-electron chi connectivity index (χ2n) is 7.47. The molecule has 1 N–H and O–H groups in total. The highest BCUT2D eigenvalue weighted by molar-refractivity contribution is 5.95. The Bertz CT molecular complexity index is 1030. The number of nitrogens with one attached hydrogen (secondary N) is 1. The molecule has 0 aliphatic heterocycles. The van der Waals surface area contributed by atoms with E-state index in [1.807, 2.05) is 12.1 Å². The summed E-state index contributed by atoms with van der Waals surface area (Å²) >= 11 is 0. The number of alkyl halides is 3. The minimum absolute atomic E-state index is 0.00334. The van der Waals surface area contributed by atoms with Gasteiger partial charge in [0.1, 0.15) is 0 Å². The van der Waals surface area contributed by atoms with Crippen LogP contribution < -0.4 is 5.32 Å². The second-order valence-corrected chi connectivity index (χ2v) is 7.47. The van der Waals surface area contributed by atoms with Crippen molar-refractivity contribution >= 4 is 23.1 Å². The average molecular weight is 387 g/mol. The van der Waals surface area contributed by atoms with Crippen LogP contribution in [-0.4, -0.2) is 15.5 Å². The van der Waals surface area contributed by atoms with Crippen LogP contribution in [0.2, 0.25) is 0 Å². The predicted molar refractivity (Wildman–Crippen MR) is 103 cm³/mol. The summed E-state index contributed by atoms with van der Waals surface area (Å²) in [4.78, 5) is 16.2. The zero-order valence-corrected chi connectivity index (χ0v) is 15.7. The topological polar surface area (TPSA) is 46.9 Å². The Morgan fingerprint density at radius 3 is 2.29 bits per heavy atom. The maximum absolute atomic E-state index is 12.8. The lowest BCUT2D eigenvalue weighted by Gasteiger charge is -2.18. The molecule has 0 saturated heterocycles. The summed E-state index contributed by atoms with van der Waals surface area (Å²) in [6.07, 6.45) is -0.0568. The third-order valence-corrected chi connectivity index (χ3v) is 4.36. The third-order valence-electron chi connectivity index (χ3n) is 4.36. The summed E-state index contributed by atoms with van der Waals surface area (Å²) in [6, 6.07) is 10.7. The number of amides is 1. The molecule has 0 aliphatic carbocycles. The molecule has 146 valence electrons. The van der Waals surface area contributed by atoms with E-state index in [1.54, 1.807) is 16.7 Å². The molecule has 1 amide bonds. The second kappa shape index (κ2) is 7.14. The maximum atomic E-state index is 12.8. The van der Waals surface area contributed by atoms with Crippen molar-refractivity contribution in [3.63, 3.8) is 0 Å². The van der Waals surface area contributed by atoms with Gasteiger partial charge in [0, 0.05) is 18.0 Å². The van der Waals surface area contributed by atoms with Crippen molar-refractivity contribution in [1.29, 1.82) is 0 Å². The Kier molecular flexibility index (Phi) is 5.02.